The van der Waals surface area contributed by atoms with Gasteiger partial charge in [0.1, 0.15) is 0 Å². The summed E-state index contributed by atoms with van der Waals surface area (Å²) in [6, 6.07) is 110. The van der Waals surface area contributed by atoms with Crippen LogP contribution in [0.15, 0.2) is 303 Å². The Morgan fingerprint density at radius 2 is 0.614 bits per heavy atom. The van der Waals surface area contributed by atoms with Gasteiger partial charge in [-0.05, 0) is 125 Å². The highest BCUT2D eigenvalue weighted by molar-refractivity contribution is 6.20. The highest BCUT2D eigenvalue weighted by atomic mass is 15.0. The maximum Gasteiger partial charge on any atom is 0.0816 e. The topological polar surface area (TPSA) is 46.5 Å². The minimum Gasteiger partial charge on any atom is -0.354 e. The first-order valence-electron chi connectivity index (χ1n) is 30.1. The van der Waals surface area contributed by atoms with Crippen LogP contribution in [-0.4, -0.2) is 19.5 Å². The molecule has 0 aliphatic carbocycles. The van der Waals surface area contributed by atoms with E-state index < -0.39 is 0 Å². The fourth-order valence-corrected chi connectivity index (χ4v) is 13.9. The fourth-order valence-electron chi connectivity index (χ4n) is 13.9. The van der Waals surface area contributed by atoms with Gasteiger partial charge in [0.2, 0.25) is 0 Å². The molecule has 8 bridgehead atoms. The molecule has 3 aromatic heterocycles. The molecule has 0 spiro atoms. The standard InChI is InChI=1S/C84H54N4/c1-5-25-58(26-6-1)70-53-75-79(67-46-22-36-55-28-14-18-42-63(55)67)73-50-49-71(85-73)78(66-45-21-35-54-27-13-17-41-62(54)66)72-51-52-74(86-72)80(68-47-23-37-56-29-15-19-43-64(56)68)83-76(59-31-7-2-8-32-59)77(60-33-9-3-10-34-60)84(88(83)61-39-11-4-12-40-61)81(82(70)87-75)69-48-24-38-57-30-16-20-44-65(57)69/h1-53,85H. The molecule has 4 nitrogen and oxygen atoms in total. The van der Waals surface area contributed by atoms with Crippen LogP contribution in [-0.2, 0) is 0 Å². The van der Waals surface area contributed by atoms with Crippen LogP contribution < -0.4 is 0 Å². The number of aromatic amines is 1. The molecular weight excluding hydrogens is 1060 g/mol. The molecule has 2 aliphatic heterocycles. The Bertz CT molecular complexity index is 5520. The maximum absolute atomic E-state index is 6.30. The van der Waals surface area contributed by atoms with E-state index in [9.17, 15) is 0 Å². The summed E-state index contributed by atoms with van der Waals surface area (Å²) in [6.07, 6.45) is 6.86. The molecule has 17 rings (SSSR count). The number of hydrogen-bond donors (Lipinski definition) is 1. The number of benzene rings is 12. The summed E-state index contributed by atoms with van der Waals surface area (Å²) >= 11 is 0. The molecule has 1 N–H and O–H groups in total. The summed E-state index contributed by atoms with van der Waals surface area (Å²) in [5.74, 6) is 0. The van der Waals surface area contributed by atoms with Crippen molar-refractivity contribution < 1.29 is 0 Å². The van der Waals surface area contributed by atoms with E-state index in [0.717, 1.165) is 172 Å². The zero-order chi connectivity index (χ0) is 58.1. The van der Waals surface area contributed by atoms with E-state index >= 15 is 0 Å². The number of fused-ring (bicyclic) bond motifs is 12. The van der Waals surface area contributed by atoms with Crippen molar-refractivity contribution in [3.05, 3.63) is 332 Å². The molecule has 0 fully saturated rings. The van der Waals surface area contributed by atoms with Crippen molar-refractivity contribution in [3.8, 4) is 72.4 Å². The lowest BCUT2D eigenvalue weighted by Gasteiger charge is -2.18. The predicted octanol–water partition coefficient (Wildman–Crippen LogP) is 22.2. The predicted molar refractivity (Wildman–Crippen MR) is 371 cm³/mol. The summed E-state index contributed by atoms with van der Waals surface area (Å²) in [7, 11) is 0. The van der Waals surface area contributed by atoms with E-state index in [4.69, 9.17) is 9.97 Å². The quantitative estimate of drug-likeness (QED) is 0.165. The van der Waals surface area contributed by atoms with Gasteiger partial charge in [-0.1, -0.05) is 279 Å². The Hall–Kier alpha value is -11.7. The average molecular weight is 1120 g/mol. The molecule has 0 atom stereocenters. The van der Waals surface area contributed by atoms with E-state index in [1.165, 1.54) is 0 Å². The highest BCUT2D eigenvalue weighted by Crippen LogP contribution is 2.53. The molecule has 0 radical (unpaired) electrons. The van der Waals surface area contributed by atoms with Crippen molar-refractivity contribution in [3.63, 3.8) is 0 Å². The Morgan fingerprint density at radius 3 is 1.08 bits per heavy atom. The number of H-pyrrole nitrogens is 1. The van der Waals surface area contributed by atoms with Gasteiger partial charge in [0.15, 0.2) is 0 Å². The van der Waals surface area contributed by atoms with Crippen LogP contribution in [0.25, 0.3) is 161 Å². The van der Waals surface area contributed by atoms with Crippen molar-refractivity contribution >= 4 is 89.0 Å². The zero-order valence-corrected chi connectivity index (χ0v) is 47.9. The fraction of sp³-hybridized carbons (Fsp3) is 0. The van der Waals surface area contributed by atoms with Crippen molar-refractivity contribution in [1.29, 1.82) is 0 Å². The molecular formula is C84H54N4. The molecule has 410 valence electrons. The van der Waals surface area contributed by atoms with Gasteiger partial charge in [0, 0.05) is 55.7 Å². The monoisotopic (exact) mass is 1120 g/mol. The summed E-state index contributed by atoms with van der Waals surface area (Å²) < 4.78 is 2.57. The van der Waals surface area contributed by atoms with Crippen LogP contribution in [0.5, 0.6) is 0 Å². The maximum atomic E-state index is 6.30. The van der Waals surface area contributed by atoms with E-state index in [1.807, 2.05) is 0 Å². The van der Waals surface area contributed by atoms with E-state index in [2.05, 4.69) is 331 Å². The number of nitrogens with zero attached hydrogens (tertiary/aromatic N) is 3. The van der Waals surface area contributed by atoms with Gasteiger partial charge in [-0.3, -0.25) is 0 Å². The van der Waals surface area contributed by atoms with Crippen LogP contribution in [0.3, 0.4) is 0 Å². The number of para-hydroxylation sites is 1. The average Bonchev–Trinajstić information content (AvgIpc) is 1.62. The Labute approximate surface area is 509 Å². The molecule has 4 heteroatoms. The number of hydrogen-bond acceptors (Lipinski definition) is 2. The molecule has 88 heavy (non-hydrogen) atoms. The summed E-state index contributed by atoms with van der Waals surface area (Å²) in [6.45, 7) is 0. The van der Waals surface area contributed by atoms with Gasteiger partial charge in [-0.2, -0.15) is 0 Å². The molecule has 0 saturated carbocycles. The van der Waals surface area contributed by atoms with Gasteiger partial charge < -0.3 is 9.55 Å². The number of rotatable bonds is 8. The van der Waals surface area contributed by atoms with Crippen LogP contribution in [0.4, 0.5) is 0 Å². The van der Waals surface area contributed by atoms with Crippen LogP contribution in [0, 0.1) is 0 Å². The summed E-state index contributed by atoms with van der Waals surface area (Å²) in [5.41, 5.74) is 22.9. The van der Waals surface area contributed by atoms with E-state index in [0.29, 0.717) is 0 Å². The first kappa shape index (κ1) is 50.8. The van der Waals surface area contributed by atoms with Gasteiger partial charge in [0.25, 0.3) is 0 Å². The highest BCUT2D eigenvalue weighted by Gasteiger charge is 2.32. The van der Waals surface area contributed by atoms with Crippen molar-refractivity contribution in [2.75, 3.05) is 0 Å². The minimum atomic E-state index is 0.842. The van der Waals surface area contributed by atoms with Gasteiger partial charge in [-0.25, -0.2) is 9.97 Å². The van der Waals surface area contributed by atoms with Gasteiger partial charge in [0.05, 0.1) is 33.8 Å². The van der Waals surface area contributed by atoms with Crippen LogP contribution >= 0.6 is 0 Å². The van der Waals surface area contributed by atoms with E-state index in [-0.39, 0.29) is 0 Å². The lowest BCUT2D eigenvalue weighted by Crippen LogP contribution is -2.01. The second-order valence-electron chi connectivity index (χ2n) is 22.7. The lowest BCUT2D eigenvalue weighted by molar-refractivity contribution is 1.17. The Morgan fingerprint density at radius 1 is 0.261 bits per heavy atom. The smallest absolute Gasteiger partial charge is 0.0816 e. The van der Waals surface area contributed by atoms with Gasteiger partial charge >= 0.3 is 0 Å². The third-order valence-electron chi connectivity index (χ3n) is 17.7. The largest absolute Gasteiger partial charge is 0.354 e. The minimum absolute atomic E-state index is 0.842. The second-order valence-corrected chi connectivity index (χ2v) is 22.7. The van der Waals surface area contributed by atoms with Crippen LogP contribution in [0.1, 0.15) is 28.3 Å². The third-order valence-corrected chi connectivity index (χ3v) is 17.7. The summed E-state index contributed by atoms with van der Waals surface area (Å²) in [5, 5.41) is 9.08. The second kappa shape index (κ2) is 21.1. The van der Waals surface area contributed by atoms with E-state index in [1.54, 1.807) is 0 Å². The van der Waals surface area contributed by atoms with Crippen molar-refractivity contribution in [1.82, 2.24) is 19.5 Å². The molecule has 12 aromatic carbocycles. The summed E-state index contributed by atoms with van der Waals surface area (Å²) in [4.78, 5) is 16.5. The number of aromatic nitrogens is 4. The normalized spacial score (nSPS) is 12.1. The third kappa shape index (κ3) is 8.37. The molecule has 0 saturated heterocycles. The first-order chi connectivity index (χ1) is 43.7. The first-order valence-corrected chi connectivity index (χ1v) is 30.1. The van der Waals surface area contributed by atoms with Gasteiger partial charge in [-0.15, -0.1) is 0 Å². The molecule has 0 unspecified atom stereocenters. The molecule has 2 aliphatic rings. The lowest BCUT2D eigenvalue weighted by atomic mass is 9.88. The van der Waals surface area contributed by atoms with Crippen molar-refractivity contribution in [2.24, 2.45) is 0 Å². The Balaban J connectivity index is 1.24. The molecule has 15 aromatic rings. The SMILES string of the molecule is C1=Cc2nc1c(-c1cccc3ccccc13)c1ccc([nH]1)c(-c1cccc3ccccc13)c1nc(c(-c3cccc4ccccc34)c3c(-c4ccccc4)c(-c4ccccc4)c(c2-c2cccc4ccccc24)n3-c2ccccc2)C(c2ccccc2)=C1. The van der Waals surface area contributed by atoms with Crippen LogP contribution in [0.2, 0.25) is 0 Å². The Kier molecular flexibility index (Phi) is 12.2. The molecule has 0 amide bonds. The zero-order valence-electron chi connectivity index (χ0n) is 47.9. The van der Waals surface area contributed by atoms with Crippen molar-refractivity contribution in [2.45, 2.75) is 0 Å². The number of nitrogens with one attached hydrogen (secondary N) is 1. The molecule has 5 heterocycles.